The van der Waals surface area contributed by atoms with Crippen molar-refractivity contribution in [3.05, 3.63) is 47.7 Å². The summed E-state index contributed by atoms with van der Waals surface area (Å²) >= 11 is 0. The molecule has 0 bridgehead atoms. The molecule has 5 nitrogen and oxygen atoms in total. The van der Waals surface area contributed by atoms with Gasteiger partial charge >= 0.3 is 0 Å². The van der Waals surface area contributed by atoms with Gasteiger partial charge in [-0.05, 0) is 30.7 Å². The molecule has 0 aliphatic rings. The van der Waals surface area contributed by atoms with Gasteiger partial charge in [0.05, 0.1) is 5.56 Å². The Morgan fingerprint density at radius 1 is 1.39 bits per heavy atom. The molecule has 0 atom stereocenters. The number of carbonyl (C=O) groups excluding carboxylic acids is 1. The minimum Gasteiger partial charge on any atom is -0.508 e. The summed E-state index contributed by atoms with van der Waals surface area (Å²) in [6.07, 6.45) is 1.55. The van der Waals surface area contributed by atoms with Crippen molar-refractivity contribution < 1.29 is 9.90 Å². The van der Waals surface area contributed by atoms with Crippen LogP contribution in [0, 0.1) is 6.92 Å². The minimum absolute atomic E-state index is 0.0867. The SMILES string of the molecule is Cc1ccnc(N)c1C(=O)Nc1cccc(O)c1. The first-order chi connectivity index (χ1) is 8.58. The molecule has 1 amide bonds. The number of nitrogens with two attached hydrogens (primary N) is 1. The van der Waals surface area contributed by atoms with Gasteiger partial charge in [-0.15, -0.1) is 0 Å². The predicted octanol–water partition coefficient (Wildman–Crippen LogP) is 1.93. The van der Waals surface area contributed by atoms with Gasteiger partial charge in [-0.25, -0.2) is 4.98 Å². The quantitative estimate of drug-likeness (QED) is 0.752. The summed E-state index contributed by atoms with van der Waals surface area (Å²) in [5.74, 6) is -0.0694. The lowest BCUT2D eigenvalue weighted by atomic mass is 10.1. The van der Waals surface area contributed by atoms with Gasteiger partial charge in [0.25, 0.3) is 5.91 Å². The van der Waals surface area contributed by atoms with Gasteiger partial charge in [0.15, 0.2) is 0 Å². The van der Waals surface area contributed by atoms with Gasteiger partial charge in [-0.2, -0.15) is 0 Å². The molecule has 2 rings (SSSR count). The monoisotopic (exact) mass is 243 g/mol. The van der Waals surface area contributed by atoms with Crippen LogP contribution >= 0.6 is 0 Å². The molecule has 0 saturated heterocycles. The third-order valence-corrected chi connectivity index (χ3v) is 2.52. The van der Waals surface area contributed by atoms with E-state index in [9.17, 15) is 9.90 Å². The second-order valence-corrected chi connectivity index (χ2v) is 3.89. The van der Waals surface area contributed by atoms with E-state index in [1.807, 2.05) is 0 Å². The van der Waals surface area contributed by atoms with Crippen molar-refractivity contribution in [2.75, 3.05) is 11.1 Å². The number of anilines is 2. The maximum atomic E-state index is 12.1. The van der Waals surface area contributed by atoms with Crippen LogP contribution in [0.25, 0.3) is 0 Å². The van der Waals surface area contributed by atoms with Crippen LogP contribution in [0.4, 0.5) is 11.5 Å². The molecule has 92 valence electrons. The lowest BCUT2D eigenvalue weighted by molar-refractivity contribution is 0.102. The van der Waals surface area contributed by atoms with E-state index >= 15 is 0 Å². The van der Waals surface area contributed by atoms with E-state index < -0.39 is 0 Å². The number of hydrogen-bond donors (Lipinski definition) is 3. The Kier molecular flexibility index (Phi) is 3.14. The number of nitrogens with one attached hydrogen (secondary N) is 1. The number of rotatable bonds is 2. The normalized spacial score (nSPS) is 10.1. The third kappa shape index (κ3) is 2.40. The summed E-state index contributed by atoms with van der Waals surface area (Å²) in [6, 6.07) is 8.02. The largest absolute Gasteiger partial charge is 0.508 e. The van der Waals surface area contributed by atoms with Crippen LogP contribution in [-0.2, 0) is 0 Å². The maximum absolute atomic E-state index is 12.1. The number of nitrogens with zero attached hydrogens (tertiary/aromatic N) is 1. The molecule has 0 aliphatic carbocycles. The fourth-order valence-corrected chi connectivity index (χ4v) is 1.65. The number of hydrogen-bond acceptors (Lipinski definition) is 4. The lowest BCUT2D eigenvalue weighted by Gasteiger charge is -2.09. The molecular formula is C13H13N3O2. The fourth-order valence-electron chi connectivity index (χ4n) is 1.65. The van der Waals surface area contributed by atoms with Crippen molar-refractivity contribution in [3.63, 3.8) is 0 Å². The van der Waals surface area contributed by atoms with Crippen LogP contribution in [0.15, 0.2) is 36.5 Å². The summed E-state index contributed by atoms with van der Waals surface area (Å²) in [5, 5.41) is 12.0. The number of benzene rings is 1. The van der Waals surface area contributed by atoms with E-state index in [1.165, 1.54) is 12.1 Å². The molecule has 1 aromatic carbocycles. The van der Waals surface area contributed by atoms with Crippen LogP contribution in [0.5, 0.6) is 5.75 Å². The Hall–Kier alpha value is -2.56. The van der Waals surface area contributed by atoms with E-state index in [-0.39, 0.29) is 17.5 Å². The van der Waals surface area contributed by atoms with Crippen LogP contribution in [0.3, 0.4) is 0 Å². The highest BCUT2D eigenvalue weighted by atomic mass is 16.3. The molecular weight excluding hydrogens is 230 g/mol. The van der Waals surface area contributed by atoms with Crippen molar-refractivity contribution in [2.24, 2.45) is 0 Å². The smallest absolute Gasteiger partial charge is 0.259 e. The molecule has 4 N–H and O–H groups in total. The first kappa shape index (κ1) is 11.9. The molecule has 0 radical (unpaired) electrons. The Balaban J connectivity index is 2.28. The molecule has 0 saturated carbocycles. The zero-order chi connectivity index (χ0) is 13.1. The van der Waals surface area contributed by atoms with Crippen molar-refractivity contribution in [1.29, 1.82) is 0 Å². The number of phenolic OH excluding ortho intramolecular Hbond substituents is 1. The van der Waals surface area contributed by atoms with E-state index in [0.29, 0.717) is 11.3 Å². The summed E-state index contributed by atoms with van der Waals surface area (Å²) in [7, 11) is 0. The number of phenols is 1. The molecule has 0 unspecified atom stereocenters. The van der Waals surface area contributed by atoms with E-state index in [1.54, 1.807) is 31.3 Å². The summed E-state index contributed by atoms with van der Waals surface area (Å²) < 4.78 is 0. The van der Waals surface area contributed by atoms with Gasteiger partial charge in [0.1, 0.15) is 11.6 Å². The first-order valence-electron chi connectivity index (χ1n) is 5.39. The first-order valence-corrected chi connectivity index (χ1v) is 5.39. The van der Waals surface area contributed by atoms with Gasteiger partial charge in [0.2, 0.25) is 0 Å². The summed E-state index contributed by atoms with van der Waals surface area (Å²) in [6.45, 7) is 1.79. The molecule has 5 heteroatoms. The number of amides is 1. The van der Waals surface area contributed by atoms with Crippen LogP contribution < -0.4 is 11.1 Å². The van der Waals surface area contributed by atoms with Crippen molar-refractivity contribution in [2.45, 2.75) is 6.92 Å². The zero-order valence-electron chi connectivity index (χ0n) is 9.84. The molecule has 2 aromatic rings. The Labute approximate surface area is 104 Å². The number of aromatic hydroxyl groups is 1. The van der Waals surface area contributed by atoms with Crippen LogP contribution in [0.2, 0.25) is 0 Å². The van der Waals surface area contributed by atoms with Gasteiger partial charge in [0, 0.05) is 18.0 Å². The number of aromatic nitrogens is 1. The van der Waals surface area contributed by atoms with Gasteiger partial charge < -0.3 is 16.2 Å². The van der Waals surface area contributed by atoms with Crippen LogP contribution in [-0.4, -0.2) is 16.0 Å². The highest BCUT2D eigenvalue weighted by molar-refractivity contribution is 6.08. The molecule has 1 aromatic heterocycles. The lowest BCUT2D eigenvalue weighted by Crippen LogP contribution is -2.16. The van der Waals surface area contributed by atoms with Gasteiger partial charge in [-0.1, -0.05) is 6.07 Å². The molecule has 0 spiro atoms. The number of aryl methyl sites for hydroxylation is 1. The Morgan fingerprint density at radius 3 is 2.83 bits per heavy atom. The van der Waals surface area contributed by atoms with Crippen LogP contribution in [0.1, 0.15) is 15.9 Å². The molecule has 1 heterocycles. The second kappa shape index (κ2) is 4.75. The molecule has 0 fully saturated rings. The standard InChI is InChI=1S/C13H13N3O2/c1-8-5-6-15-12(14)11(8)13(18)16-9-3-2-4-10(17)7-9/h2-7,17H,1H3,(H2,14,15)(H,16,18). The van der Waals surface area contributed by atoms with E-state index in [4.69, 9.17) is 5.73 Å². The average Bonchev–Trinajstić information content (AvgIpc) is 2.28. The highest BCUT2D eigenvalue weighted by Crippen LogP contribution is 2.19. The number of carbonyl (C=O) groups is 1. The van der Waals surface area contributed by atoms with E-state index in [2.05, 4.69) is 10.3 Å². The summed E-state index contributed by atoms with van der Waals surface area (Å²) in [4.78, 5) is 15.9. The number of nitrogen functional groups attached to an aromatic ring is 1. The average molecular weight is 243 g/mol. The highest BCUT2D eigenvalue weighted by Gasteiger charge is 2.13. The van der Waals surface area contributed by atoms with Crippen molar-refractivity contribution in [3.8, 4) is 5.75 Å². The Morgan fingerprint density at radius 2 is 2.17 bits per heavy atom. The second-order valence-electron chi connectivity index (χ2n) is 3.89. The van der Waals surface area contributed by atoms with Crippen molar-refractivity contribution >= 4 is 17.4 Å². The minimum atomic E-state index is -0.344. The van der Waals surface area contributed by atoms with E-state index in [0.717, 1.165) is 5.56 Å². The van der Waals surface area contributed by atoms with Crippen molar-refractivity contribution in [1.82, 2.24) is 4.98 Å². The molecule has 18 heavy (non-hydrogen) atoms. The topological polar surface area (TPSA) is 88.2 Å². The number of pyridine rings is 1. The molecule has 0 aliphatic heterocycles. The maximum Gasteiger partial charge on any atom is 0.259 e. The predicted molar refractivity (Wildman–Crippen MR) is 69.4 cm³/mol. The van der Waals surface area contributed by atoms with Gasteiger partial charge in [-0.3, -0.25) is 4.79 Å². The summed E-state index contributed by atoms with van der Waals surface area (Å²) in [5.41, 5.74) is 7.29. The third-order valence-electron chi connectivity index (χ3n) is 2.52. The Bertz CT molecular complexity index is 576. The zero-order valence-corrected chi connectivity index (χ0v) is 9.84. The fraction of sp³-hybridized carbons (Fsp3) is 0.0769.